The van der Waals surface area contributed by atoms with Crippen molar-refractivity contribution in [1.29, 1.82) is 0 Å². The van der Waals surface area contributed by atoms with Crippen molar-refractivity contribution in [3.63, 3.8) is 0 Å². The van der Waals surface area contributed by atoms with Crippen LogP contribution in [0.4, 0.5) is 5.13 Å². The summed E-state index contributed by atoms with van der Waals surface area (Å²) in [7, 11) is 1.61. The molecular formula is C18H16Cl2N2O3S2. The maximum absolute atomic E-state index is 13.3. The quantitative estimate of drug-likeness (QED) is 0.523. The van der Waals surface area contributed by atoms with Crippen LogP contribution in [0.15, 0.2) is 24.3 Å². The third-order valence-electron chi connectivity index (χ3n) is 4.36. The Hall–Kier alpha value is -1.38. The van der Waals surface area contributed by atoms with Gasteiger partial charge < -0.3 is 9.47 Å². The number of thiazole rings is 1. The minimum atomic E-state index is -0.225. The molecule has 1 amide bonds. The third-order valence-corrected chi connectivity index (χ3v) is 6.90. The zero-order chi connectivity index (χ0) is 19.0. The van der Waals surface area contributed by atoms with Gasteiger partial charge >= 0.3 is 0 Å². The number of para-hydroxylation sites is 1. The lowest BCUT2D eigenvalue weighted by molar-refractivity contribution is 0.0918. The van der Waals surface area contributed by atoms with Crippen LogP contribution in [0.3, 0.4) is 0 Å². The molecule has 1 atom stereocenters. The Bertz CT molecular complexity index is 982. The molecule has 1 aromatic carbocycles. The number of thiophene rings is 1. The molecule has 3 heterocycles. The van der Waals surface area contributed by atoms with E-state index in [4.69, 9.17) is 32.7 Å². The normalized spacial score (nSPS) is 16.8. The van der Waals surface area contributed by atoms with Gasteiger partial charge in [-0.15, -0.1) is 11.3 Å². The van der Waals surface area contributed by atoms with Crippen LogP contribution < -0.4 is 9.64 Å². The summed E-state index contributed by atoms with van der Waals surface area (Å²) in [5, 5.41) is 0.591. The number of anilines is 1. The number of aromatic nitrogens is 1. The van der Waals surface area contributed by atoms with Crippen LogP contribution in [0.5, 0.6) is 5.75 Å². The number of carbonyl (C=O) groups is 1. The third kappa shape index (κ3) is 3.79. The number of fused-ring (bicyclic) bond motifs is 1. The summed E-state index contributed by atoms with van der Waals surface area (Å²) in [6.45, 7) is 1.14. The standard InChI is InChI=1S/C18H16Cl2N2O3S2/c1-24-12-5-2-6-13-15(12)21-18(26-13)22(9-10-4-3-7-25-10)17(23)11-8-14(19)27-16(11)20/h2,5-6,8,10H,3-4,7,9H2,1H3/t10-/m0/s1. The maximum Gasteiger partial charge on any atom is 0.262 e. The van der Waals surface area contributed by atoms with E-state index in [0.29, 0.717) is 38.3 Å². The van der Waals surface area contributed by atoms with Gasteiger partial charge in [0.15, 0.2) is 5.13 Å². The Kier molecular flexibility index (Phi) is 5.57. The largest absolute Gasteiger partial charge is 0.494 e. The Balaban J connectivity index is 1.75. The highest BCUT2D eigenvalue weighted by atomic mass is 35.5. The van der Waals surface area contributed by atoms with Crippen molar-refractivity contribution in [2.75, 3.05) is 25.2 Å². The monoisotopic (exact) mass is 442 g/mol. The average Bonchev–Trinajstić information content (AvgIpc) is 3.38. The van der Waals surface area contributed by atoms with Gasteiger partial charge in [0.25, 0.3) is 5.91 Å². The van der Waals surface area contributed by atoms with Gasteiger partial charge in [0.2, 0.25) is 0 Å². The van der Waals surface area contributed by atoms with Crippen molar-refractivity contribution in [2.45, 2.75) is 18.9 Å². The fraction of sp³-hybridized carbons (Fsp3) is 0.333. The van der Waals surface area contributed by atoms with Crippen molar-refractivity contribution in [1.82, 2.24) is 4.98 Å². The number of benzene rings is 1. The number of rotatable bonds is 5. The average molecular weight is 443 g/mol. The lowest BCUT2D eigenvalue weighted by Crippen LogP contribution is -2.37. The second-order valence-corrected chi connectivity index (χ2v) is 9.39. The summed E-state index contributed by atoms with van der Waals surface area (Å²) >= 11 is 14.9. The number of hydrogen-bond donors (Lipinski definition) is 0. The van der Waals surface area contributed by atoms with Crippen molar-refractivity contribution >= 4 is 67.1 Å². The molecule has 27 heavy (non-hydrogen) atoms. The van der Waals surface area contributed by atoms with E-state index >= 15 is 0 Å². The Morgan fingerprint density at radius 2 is 2.26 bits per heavy atom. The fourth-order valence-electron chi connectivity index (χ4n) is 3.06. The molecule has 0 bridgehead atoms. The van der Waals surface area contributed by atoms with Crippen LogP contribution >= 0.6 is 45.9 Å². The molecule has 3 aromatic rings. The summed E-state index contributed by atoms with van der Waals surface area (Å²) in [6.07, 6.45) is 1.89. The van der Waals surface area contributed by atoms with Crippen molar-refractivity contribution in [2.24, 2.45) is 0 Å². The first kappa shape index (κ1) is 19.0. The second-order valence-electron chi connectivity index (χ2n) is 6.09. The summed E-state index contributed by atoms with van der Waals surface area (Å²) in [5.74, 6) is 0.452. The van der Waals surface area contributed by atoms with E-state index in [2.05, 4.69) is 4.98 Å². The van der Waals surface area contributed by atoms with E-state index in [1.54, 1.807) is 18.1 Å². The zero-order valence-corrected chi connectivity index (χ0v) is 17.6. The lowest BCUT2D eigenvalue weighted by Gasteiger charge is -2.22. The number of amides is 1. The van der Waals surface area contributed by atoms with Crippen molar-refractivity contribution < 1.29 is 14.3 Å². The molecule has 9 heteroatoms. The van der Waals surface area contributed by atoms with Gasteiger partial charge in [-0.2, -0.15) is 0 Å². The lowest BCUT2D eigenvalue weighted by atomic mass is 10.2. The van der Waals surface area contributed by atoms with Crippen LogP contribution in [0.25, 0.3) is 10.2 Å². The van der Waals surface area contributed by atoms with Gasteiger partial charge in [0, 0.05) is 6.61 Å². The topological polar surface area (TPSA) is 51.7 Å². The van der Waals surface area contributed by atoms with E-state index in [1.165, 1.54) is 22.7 Å². The van der Waals surface area contributed by atoms with Crippen molar-refractivity contribution in [3.8, 4) is 5.75 Å². The molecule has 0 radical (unpaired) electrons. The minimum absolute atomic E-state index is 0.0178. The highest BCUT2D eigenvalue weighted by molar-refractivity contribution is 7.22. The maximum atomic E-state index is 13.3. The Morgan fingerprint density at radius 3 is 2.93 bits per heavy atom. The van der Waals surface area contributed by atoms with Crippen LogP contribution in [-0.4, -0.2) is 37.3 Å². The molecule has 1 saturated heterocycles. The van der Waals surface area contributed by atoms with E-state index in [-0.39, 0.29) is 12.0 Å². The highest BCUT2D eigenvalue weighted by Crippen LogP contribution is 2.37. The minimum Gasteiger partial charge on any atom is -0.494 e. The van der Waals surface area contributed by atoms with Gasteiger partial charge in [-0.1, -0.05) is 40.6 Å². The predicted octanol–water partition coefficient (Wildman–Crippen LogP) is 5.50. The van der Waals surface area contributed by atoms with Gasteiger partial charge in [-0.05, 0) is 31.0 Å². The summed E-state index contributed by atoms with van der Waals surface area (Å²) in [4.78, 5) is 19.6. The molecule has 2 aromatic heterocycles. The molecule has 142 valence electrons. The van der Waals surface area contributed by atoms with Gasteiger partial charge in [-0.3, -0.25) is 9.69 Å². The molecule has 1 aliphatic rings. The number of carbonyl (C=O) groups excluding carboxylic acids is 1. The van der Waals surface area contributed by atoms with Gasteiger partial charge in [0.05, 0.1) is 34.4 Å². The molecule has 0 saturated carbocycles. The zero-order valence-electron chi connectivity index (χ0n) is 14.4. The molecular weight excluding hydrogens is 427 g/mol. The summed E-state index contributed by atoms with van der Waals surface area (Å²) in [6, 6.07) is 7.33. The first-order valence-corrected chi connectivity index (χ1v) is 10.8. The Labute approximate surface area is 174 Å². The van der Waals surface area contributed by atoms with E-state index in [1.807, 2.05) is 18.2 Å². The molecule has 4 rings (SSSR count). The van der Waals surface area contributed by atoms with Crippen molar-refractivity contribution in [3.05, 3.63) is 38.5 Å². The number of nitrogens with zero attached hydrogens (tertiary/aromatic N) is 2. The SMILES string of the molecule is COc1cccc2sc(N(C[C@@H]3CCCO3)C(=O)c3cc(Cl)sc3Cl)nc12. The molecule has 1 aliphatic heterocycles. The molecule has 5 nitrogen and oxygen atoms in total. The molecule has 0 spiro atoms. The first-order chi connectivity index (χ1) is 13.1. The number of ether oxygens (including phenoxy) is 2. The predicted molar refractivity (Wildman–Crippen MR) is 111 cm³/mol. The van der Waals surface area contributed by atoms with Crippen LogP contribution in [0.2, 0.25) is 8.67 Å². The van der Waals surface area contributed by atoms with Gasteiger partial charge in [0.1, 0.15) is 15.6 Å². The second kappa shape index (κ2) is 7.93. The van der Waals surface area contributed by atoms with E-state index in [0.717, 1.165) is 23.1 Å². The Morgan fingerprint density at radius 1 is 1.41 bits per heavy atom. The van der Waals surface area contributed by atoms with E-state index in [9.17, 15) is 4.79 Å². The van der Waals surface area contributed by atoms with E-state index < -0.39 is 0 Å². The highest BCUT2D eigenvalue weighted by Gasteiger charge is 2.29. The van der Waals surface area contributed by atoms with Crippen LogP contribution in [-0.2, 0) is 4.74 Å². The summed E-state index contributed by atoms with van der Waals surface area (Å²) < 4.78 is 13.0. The first-order valence-electron chi connectivity index (χ1n) is 8.38. The molecule has 1 fully saturated rings. The number of methoxy groups -OCH3 is 1. The number of halogens is 2. The smallest absolute Gasteiger partial charge is 0.262 e. The van der Waals surface area contributed by atoms with Crippen LogP contribution in [0.1, 0.15) is 23.2 Å². The fourth-order valence-corrected chi connectivity index (χ4v) is 5.50. The number of hydrogen-bond acceptors (Lipinski definition) is 6. The molecule has 0 aliphatic carbocycles. The van der Waals surface area contributed by atoms with Crippen LogP contribution in [0, 0.1) is 0 Å². The van der Waals surface area contributed by atoms with Gasteiger partial charge in [-0.25, -0.2) is 4.98 Å². The molecule has 0 unspecified atom stereocenters. The molecule has 0 N–H and O–H groups in total. The summed E-state index contributed by atoms with van der Waals surface area (Å²) in [5.41, 5.74) is 1.12.